The molecular formula is C13H19N3. The van der Waals surface area contributed by atoms with Crippen molar-refractivity contribution < 1.29 is 0 Å². The van der Waals surface area contributed by atoms with Crippen LogP contribution in [-0.2, 0) is 0 Å². The van der Waals surface area contributed by atoms with Crippen LogP contribution in [0.2, 0.25) is 0 Å². The van der Waals surface area contributed by atoms with Gasteiger partial charge in [-0.3, -0.25) is 0 Å². The fraction of sp³-hybridized carbons (Fsp3) is 0.462. The molecule has 0 aliphatic carbocycles. The van der Waals surface area contributed by atoms with Gasteiger partial charge in [-0.2, -0.15) is 0 Å². The van der Waals surface area contributed by atoms with E-state index < -0.39 is 0 Å². The minimum atomic E-state index is 0.323. The minimum absolute atomic E-state index is 0.323. The number of anilines is 1. The molecule has 0 amide bonds. The lowest BCUT2D eigenvalue weighted by atomic mass is 10.1. The van der Waals surface area contributed by atoms with E-state index in [2.05, 4.69) is 41.0 Å². The summed E-state index contributed by atoms with van der Waals surface area (Å²) in [6, 6.07) is 4.43. The molecule has 3 nitrogen and oxygen atoms in total. The molecule has 1 aromatic rings. The van der Waals surface area contributed by atoms with E-state index in [1.165, 1.54) is 5.56 Å². The van der Waals surface area contributed by atoms with Crippen LogP contribution in [0.3, 0.4) is 0 Å². The van der Waals surface area contributed by atoms with Gasteiger partial charge in [0.2, 0.25) is 0 Å². The van der Waals surface area contributed by atoms with Gasteiger partial charge < -0.3 is 10.2 Å². The van der Waals surface area contributed by atoms with Crippen LogP contribution in [0, 0.1) is 12.3 Å². The van der Waals surface area contributed by atoms with E-state index in [0.717, 1.165) is 12.4 Å². The maximum atomic E-state index is 5.31. The Labute approximate surface area is 97.9 Å². The standard InChI is InChI=1S/C13H19N3/c1-5-9-16(6-2)13-8-7-12(10-15-13)11(3)14-4/h1,7-8,10-11,14H,6,9H2,2-4H3. The highest BCUT2D eigenvalue weighted by molar-refractivity contribution is 5.41. The topological polar surface area (TPSA) is 28.2 Å². The lowest BCUT2D eigenvalue weighted by Gasteiger charge is -2.19. The Hall–Kier alpha value is -1.53. The van der Waals surface area contributed by atoms with Gasteiger partial charge in [-0.25, -0.2) is 4.98 Å². The minimum Gasteiger partial charge on any atom is -0.346 e. The third-order valence-electron chi connectivity index (χ3n) is 2.69. The van der Waals surface area contributed by atoms with Gasteiger partial charge in [0, 0.05) is 18.8 Å². The Balaban J connectivity index is 2.81. The monoisotopic (exact) mass is 217 g/mol. The Morgan fingerprint density at radius 3 is 2.75 bits per heavy atom. The lowest BCUT2D eigenvalue weighted by molar-refractivity contribution is 0.649. The van der Waals surface area contributed by atoms with Crippen molar-refractivity contribution in [2.24, 2.45) is 0 Å². The fourth-order valence-electron chi connectivity index (χ4n) is 1.47. The van der Waals surface area contributed by atoms with Gasteiger partial charge >= 0.3 is 0 Å². The summed E-state index contributed by atoms with van der Waals surface area (Å²) in [7, 11) is 1.94. The van der Waals surface area contributed by atoms with Crippen LogP contribution in [-0.4, -0.2) is 25.1 Å². The van der Waals surface area contributed by atoms with Crippen molar-refractivity contribution in [3.63, 3.8) is 0 Å². The molecule has 1 rings (SSSR count). The maximum absolute atomic E-state index is 5.31. The Bertz CT molecular complexity index is 350. The number of hydrogen-bond acceptors (Lipinski definition) is 3. The predicted molar refractivity (Wildman–Crippen MR) is 68.4 cm³/mol. The Kier molecular flexibility index (Phi) is 4.81. The molecular weight excluding hydrogens is 198 g/mol. The Morgan fingerprint density at radius 1 is 1.56 bits per heavy atom. The van der Waals surface area contributed by atoms with Crippen molar-refractivity contribution >= 4 is 5.82 Å². The summed E-state index contributed by atoms with van der Waals surface area (Å²) >= 11 is 0. The van der Waals surface area contributed by atoms with Crippen molar-refractivity contribution in [3.05, 3.63) is 23.9 Å². The SMILES string of the molecule is C#CCN(CC)c1ccc(C(C)NC)cn1. The van der Waals surface area contributed by atoms with Crippen LogP contribution in [0.4, 0.5) is 5.82 Å². The highest BCUT2D eigenvalue weighted by Gasteiger charge is 2.06. The van der Waals surface area contributed by atoms with E-state index in [-0.39, 0.29) is 0 Å². The normalized spacial score (nSPS) is 11.9. The second-order valence-corrected chi connectivity index (χ2v) is 3.68. The van der Waals surface area contributed by atoms with Crippen LogP contribution in [0.15, 0.2) is 18.3 Å². The number of nitrogens with one attached hydrogen (secondary N) is 1. The maximum Gasteiger partial charge on any atom is 0.129 e. The molecule has 1 atom stereocenters. The fourth-order valence-corrected chi connectivity index (χ4v) is 1.47. The van der Waals surface area contributed by atoms with Crippen molar-refractivity contribution in [2.45, 2.75) is 19.9 Å². The summed E-state index contributed by atoms with van der Waals surface area (Å²) in [6.07, 6.45) is 7.21. The molecule has 3 heteroatoms. The first-order valence-electron chi connectivity index (χ1n) is 5.54. The average Bonchev–Trinajstić information content (AvgIpc) is 2.35. The van der Waals surface area contributed by atoms with E-state index in [9.17, 15) is 0 Å². The number of terminal acetylenes is 1. The molecule has 0 aliphatic rings. The van der Waals surface area contributed by atoms with Gasteiger partial charge in [0.25, 0.3) is 0 Å². The number of nitrogens with zero attached hydrogens (tertiary/aromatic N) is 2. The van der Waals surface area contributed by atoms with Crippen molar-refractivity contribution in [1.29, 1.82) is 0 Å². The number of pyridine rings is 1. The zero-order chi connectivity index (χ0) is 12.0. The molecule has 1 unspecified atom stereocenters. The second kappa shape index (κ2) is 6.14. The first kappa shape index (κ1) is 12.5. The second-order valence-electron chi connectivity index (χ2n) is 3.68. The third-order valence-corrected chi connectivity index (χ3v) is 2.69. The van der Waals surface area contributed by atoms with Gasteiger partial charge in [-0.1, -0.05) is 12.0 Å². The van der Waals surface area contributed by atoms with E-state index in [1.807, 2.05) is 19.3 Å². The molecule has 1 heterocycles. The summed E-state index contributed by atoms with van der Waals surface area (Å²) in [5.74, 6) is 3.58. The van der Waals surface area contributed by atoms with Gasteiger partial charge in [0.05, 0.1) is 6.54 Å². The molecule has 0 aromatic carbocycles. The van der Waals surface area contributed by atoms with Gasteiger partial charge in [-0.15, -0.1) is 6.42 Å². The van der Waals surface area contributed by atoms with E-state index in [1.54, 1.807) is 0 Å². The molecule has 1 N–H and O–H groups in total. The summed E-state index contributed by atoms with van der Waals surface area (Å²) in [5, 5.41) is 3.18. The summed E-state index contributed by atoms with van der Waals surface area (Å²) in [6.45, 7) is 5.65. The van der Waals surface area contributed by atoms with Crippen LogP contribution >= 0.6 is 0 Å². The van der Waals surface area contributed by atoms with Crippen molar-refractivity contribution in [2.75, 3.05) is 25.0 Å². The third kappa shape index (κ3) is 2.98. The van der Waals surface area contributed by atoms with Gasteiger partial charge in [0.1, 0.15) is 5.82 Å². The van der Waals surface area contributed by atoms with Gasteiger partial charge in [0.15, 0.2) is 0 Å². The number of rotatable bonds is 5. The summed E-state index contributed by atoms with van der Waals surface area (Å²) in [4.78, 5) is 6.49. The van der Waals surface area contributed by atoms with E-state index in [4.69, 9.17) is 6.42 Å². The van der Waals surface area contributed by atoms with Crippen molar-refractivity contribution in [1.82, 2.24) is 10.3 Å². The molecule has 1 aromatic heterocycles. The molecule has 0 bridgehead atoms. The highest BCUT2D eigenvalue weighted by atomic mass is 15.2. The van der Waals surface area contributed by atoms with Crippen LogP contribution in [0.25, 0.3) is 0 Å². The number of hydrogen-bond donors (Lipinski definition) is 1. The Morgan fingerprint density at radius 2 is 2.31 bits per heavy atom. The van der Waals surface area contributed by atoms with Gasteiger partial charge in [-0.05, 0) is 32.5 Å². The van der Waals surface area contributed by atoms with Crippen LogP contribution < -0.4 is 10.2 Å². The molecule has 0 radical (unpaired) electrons. The smallest absolute Gasteiger partial charge is 0.129 e. The lowest BCUT2D eigenvalue weighted by Crippen LogP contribution is -2.24. The summed E-state index contributed by atoms with van der Waals surface area (Å²) in [5.41, 5.74) is 1.18. The largest absolute Gasteiger partial charge is 0.346 e. The molecule has 0 saturated heterocycles. The molecule has 0 fully saturated rings. The first-order chi connectivity index (χ1) is 7.72. The molecule has 0 aliphatic heterocycles. The van der Waals surface area contributed by atoms with E-state index >= 15 is 0 Å². The quantitative estimate of drug-likeness (QED) is 0.763. The average molecular weight is 217 g/mol. The van der Waals surface area contributed by atoms with E-state index in [0.29, 0.717) is 12.6 Å². The number of aromatic nitrogens is 1. The zero-order valence-electron chi connectivity index (χ0n) is 10.2. The predicted octanol–water partition coefficient (Wildman–Crippen LogP) is 1.82. The first-order valence-corrected chi connectivity index (χ1v) is 5.54. The molecule has 0 saturated carbocycles. The molecule has 86 valence electrons. The molecule has 16 heavy (non-hydrogen) atoms. The zero-order valence-corrected chi connectivity index (χ0v) is 10.2. The van der Waals surface area contributed by atoms with Crippen molar-refractivity contribution in [3.8, 4) is 12.3 Å². The molecule has 0 spiro atoms. The van der Waals surface area contributed by atoms with Crippen LogP contribution in [0.5, 0.6) is 0 Å². The highest BCUT2D eigenvalue weighted by Crippen LogP contribution is 2.15. The summed E-state index contributed by atoms with van der Waals surface area (Å²) < 4.78 is 0. The van der Waals surface area contributed by atoms with Crippen LogP contribution in [0.1, 0.15) is 25.5 Å².